The van der Waals surface area contributed by atoms with Crippen LogP contribution in [0.25, 0.3) is 5.78 Å². The van der Waals surface area contributed by atoms with Crippen molar-refractivity contribution >= 4 is 21.5 Å². The van der Waals surface area contributed by atoms with Crippen molar-refractivity contribution in [2.24, 2.45) is 0 Å². The van der Waals surface area contributed by atoms with E-state index in [4.69, 9.17) is 4.74 Å². The Bertz CT molecular complexity index is 1210. The lowest BCUT2D eigenvalue weighted by molar-refractivity contribution is -0.0695. The molecule has 0 radical (unpaired) electrons. The van der Waals surface area contributed by atoms with Crippen LogP contribution in [0.1, 0.15) is 28.8 Å². The van der Waals surface area contributed by atoms with Gasteiger partial charge in [0, 0.05) is 31.3 Å². The smallest absolute Gasteiger partial charge is 0.254 e. The lowest BCUT2D eigenvalue weighted by atomic mass is 10.1. The number of carbonyl (C=O) groups excluding carboxylic acids is 1. The molecule has 0 unspecified atom stereocenters. The summed E-state index contributed by atoms with van der Waals surface area (Å²) in [6.45, 7) is 3.39. The topological polar surface area (TPSA) is 106 Å². The van der Waals surface area contributed by atoms with Gasteiger partial charge in [0.1, 0.15) is 0 Å². The highest BCUT2D eigenvalue weighted by Crippen LogP contribution is 2.27. The molecule has 10 heteroatoms. The fraction of sp³-hybridized carbons (Fsp3) is 0.409. The number of imidazole rings is 1. The van der Waals surface area contributed by atoms with E-state index in [1.54, 1.807) is 47.3 Å². The molecule has 1 aromatic carbocycles. The third-order valence-electron chi connectivity index (χ3n) is 6.26. The van der Waals surface area contributed by atoms with Crippen LogP contribution < -0.4 is 5.32 Å². The number of likely N-dealkylation sites (tertiary alicyclic amines) is 1. The molecule has 4 heterocycles. The quantitative estimate of drug-likeness (QED) is 0.597. The fourth-order valence-electron chi connectivity index (χ4n) is 4.19. The SMILES string of the molecule is O=C(NCc1ccc(S(=O)(=O)C2CCN(C3COC3)CC2)cc1)c1cnc2nccn2c1. The fourth-order valence-corrected chi connectivity index (χ4v) is 5.92. The molecule has 2 aromatic heterocycles. The number of nitrogens with zero attached hydrogens (tertiary/aromatic N) is 4. The molecular weight excluding hydrogens is 430 g/mol. The molecule has 32 heavy (non-hydrogen) atoms. The summed E-state index contributed by atoms with van der Waals surface area (Å²) in [5, 5.41) is 2.49. The number of hydrogen-bond acceptors (Lipinski definition) is 7. The lowest BCUT2D eigenvalue weighted by Crippen LogP contribution is -2.53. The van der Waals surface area contributed by atoms with E-state index in [1.165, 1.54) is 6.20 Å². The van der Waals surface area contributed by atoms with Crippen LogP contribution in [0.4, 0.5) is 0 Å². The highest BCUT2D eigenvalue weighted by atomic mass is 32.2. The number of benzene rings is 1. The average molecular weight is 456 g/mol. The molecule has 2 fully saturated rings. The maximum absolute atomic E-state index is 13.1. The highest BCUT2D eigenvalue weighted by Gasteiger charge is 2.35. The molecule has 2 aliphatic heterocycles. The number of aromatic nitrogens is 3. The van der Waals surface area contributed by atoms with Crippen LogP contribution >= 0.6 is 0 Å². The van der Waals surface area contributed by atoms with Crippen LogP contribution in [0.5, 0.6) is 0 Å². The second-order valence-electron chi connectivity index (χ2n) is 8.28. The predicted octanol–water partition coefficient (Wildman–Crippen LogP) is 1.30. The van der Waals surface area contributed by atoms with Gasteiger partial charge in [-0.15, -0.1) is 0 Å². The minimum atomic E-state index is -3.37. The van der Waals surface area contributed by atoms with E-state index in [0.29, 0.717) is 41.7 Å². The zero-order chi connectivity index (χ0) is 22.1. The number of sulfone groups is 1. The minimum absolute atomic E-state index is 0.256. The van der Waals surface area contributed by atoms with Gasteiger partial charge in [-0.2, -0.15) is 0 Å². The number of fused-ring (bicyclic) bond motifs is 1. The molecule has 3 aromatic rings. The first-order valence-electron chi connectivity index (χ1n) is 10.7. The van der Waals surface area contributed by atoms with Crippen LogP contribution in [0, 0.1) is 0 Å². The highest BCUT2D eigenvalue weighted by molar-refractivity contribution is 7.92. The first-order chi connectivity index (χ1) is 15.5. The van der Waals surface area contributed by atoms with Crippen molar-refractivity contribution in [2.45, 2.75) is 35.6 Å². The molecule has 9 nitrogen and oxygen atoms in total. The van der Waals surface area contributed by atoms with Gasteiger partial charge in [0.05, 0.1) is 35.0 Å². The third-order valence-corrected chi connectivity index (χ3v) is 8.54. The van der Waals surface area contributed by atoms with E-state index in [-0.39, 0.29) is 11.2 Å². The lowest BCUT2D eigenvalue weighted by Gasteiger charge is -2.41. The first-order valence-corrected chi connectivity index (χ1v) is 12.3. The van der Waals surface area contributed by atoms with Gasteiger partial charge in [-0.1, -0.05) is 12.1 Å². The van der Waals surface area contributed by atoms with Crippen LogP contribution in [0.3, 0.4) is 0 Å². The van der Waals surface area contributed by atoms with Gasteiger partial charge in [0.15, 0.2) is 9.84 Å². The van der Waals surface area contributed by atoms with E-state index in [9.17, 15) is 13.2 Å². The zero-order valence-electron chi connectivity index (χ0n) is 17.6. The maximum atomic E-state index is 13.1. The largest absolute Gasteiger partial charge is 0.378 e. The number of amides is 1. The monoisotopic (exact) mass is 455 g/mol. The summed E-state index contributed by atoms with van der Waals surface area (Å²) in [6.07, 6.45) is 7.79. The Kier molecular flexibility index (Phi) is 5.66. The zero-order valence-corrected chi connectivity index (χ0v) is 18.4. The first kappa shape index (κ1) is 21.0. The summed E-state index contributed by atoms with van der Waals surface area (Å²) < 4.78 is 33.1. The molecule has 0 bridgehead atoms. The Balaban J connectivity index is 1.18. The minimum Gasteiger partial charge on any atom is -0.378 e. The number of hydrogen-bond donors (Lipinski definition) is 1. The molecule has 0 aliphatic carbocycles. The van der Waals surface area contributed by atoms with E-state index < -0.39 is 9.84 Å². The molecule has 1 N–H and O–H groups in total. The van der Waals surface area contributed by atoms with Crippen molar-refractivity contribution in [1.29, 1.82) is 0 Å². The van der Waals surface area contributed by atoms with Crippen molar-refractivity contribution in [3.8, 4) is 0 Å². The standard InChI is InChI=1S/C22H25N5O4S/c28-21(17-12-25-22-23-7-10-27(22)13-17)24-11-16-1-3-19(4-2-16)32(29,30)20-5-8-26(9-6-20)18-14-31-15-18/h1-4,7,10,12-13,18,20H,5-6,8-9,11,14-15H2,(H,24,28). The molecule has 0 saturated carbocycles. The maximum Gasteiger partial charge on any atom is 0.254 e. The average Bonchev–Trinajstić information content (AvgIpc) is 3.25. The summed E-state index contributed by atoms with van der Waals surface area (Å²) in [7, 11) is -3.37. The van der Waals surface area contributed by atoms with E-state index in [1.807, 2.05) is 0 Å². The van der Waals surface area contributed by atoms with Crippen molar-refractivity contribution in [3.05, 3.63) is 60.2 Å². The number of rotatable bonds is 6. The van der Waals surface area contributed by atoms with Gasteiger partial charge in [-0.3, -0.25) is 14.1 Å². The summed E-state index contributed by atoms with van der Waals surface area (Å²) in [6, 6.07) is 7.24. The normalized spacial score (nSPS) is 18.5. The van der Waals surface area contributed by atoms with Crippen LogP contribution in [-0.4, -0.2) is 71.2 Å². The Morgan fingerprint density at radius 3 is 2.56 bits per heavy atom. The molecular formula is C22H25N5O4S. The Morgan fingerprint density at radius 2 is 1.88 bits per heavy atom. The van der Waals surface area contributed by atoms with Crippen molar-refractivity contribution in [2.75, 3.05) is 26.3 Å². The van der Waals surface area contributed by atoms with Gasteiger partial charge >= 0.3 is 0 Å². The van der Waals surface area contributed by atoms with Gasteiger partial charge in [0.2, 0.25) is 5.78 Å². The van der Waals surface area contributed by atoms with Crippen LogP contribution in [-0.2, 0) is 21.1 Å². The van der Waals surface area contributed by atoms with Gasteiger partial charge < -0.3 is 10.1 Å². The molecule has 168 valence electrons. The third kappa shape index (κ3) is 4.13. The number of nitrogens with one attached hydrogen (secondary N) is 1. The molecule has 1 amide bonds. The molecule has 0 atom stereocenters. The number of ether oxygens (including phenoxy) is 1. The van der Waals surface area contributed by atoms with Crippen molar-refractivity contribution < 1.29 is 17.9 Å². The summed E-state index contributed by atoms with van der Waals surface area (Å²) in [4.78, 5) is 23.3. The Labute approximate surface area is 186 Å². The summed E-state index contributed by atoms with van der Waals surface area (Å²) in [5.41, 5.74) is 1.25. The number of carbonyl (C=O) groups is 1. The van der Waals surface area contributed by atoms with Crippen molar-refractivity contribution in [1.82, 2.24) is 24.6 Å². The summed E-state index contributed by atoms with van der Waals surface area (Å²) >= 11 is 0. The molecule has 0 spiro atoms. The van der Waals surface area contributed by atoms with Crippen molar-refractivity contribution in [3.63, 3.8) is 0 Å². The van der Waals surface area contributed by atoms with E-state index in [2.05, 4.69) is 20.2 Å². The molecule has 2 aliphatic rings. The van der Waals surface area contributed by atoms with E-state index in [0.717, 1.165) is 31.9 Å². The van der Waals surface area contributed by atoms with Gasteiger partial charge in [-0.25, -0.2) is 18.4 Å². The van der Waals surface area contributed by atoms with Gasteiger partial charge in [0.25, 0.3) is 5.91 Å². The summed E-state index contributed by atoms with van der Waals surface area (Å²) in [5.74, 6) is 0.273. The molecule has 5 rings (SSSR count). The predicted molar refractivity (Wildman–Crippen MR) is 117 cm³/mol. The Morgan fingerprint density at radius 1 is 1.12 bits per heavy atom. The van der Waals surface area contributed by atoms with Crippen LogP contribution in [0.15, 0.2) is 53.9 Å². The second-order valence-corrected chi connectivity index (χ2v) is 10.5. The van der Waals surface area contributed by atoms with Crippen LogP contribution in [0.2, 0.25) is 0 Å². The van der Waals surface area contributed by atoms with Gasteiger partial charge in [-0.05, 0) is 43.6 Å². The Hall–Kier alpha value is -2.82. The second kappa shape index (κ2) is 8.61. The number of piperidine rings is 1. The molecule has 2 saturated heterocycles. The van der Waals surface area contributed by atoms with E-state index >= 15 is 0 Å².